The predicted octanol–water partition coefficient (Wildman–Crippen LogP) is 6.23. The predicted molar refractivity (Wildman–Crippen MR) is 162 cm³/mol. The number of ether oxygens (including phenoxy) is 2. The number of fused-ring (bicyclic) bond motifs is 4. The molecule has 4 aromatic rings. The maximum atomic E-state index is 13.7. The summed E-state index contributed by atoms with van der Waals surface area (Å²) in [6.07, 6.45) is -0.781. The van der Waals surface area contributed by atoms with Crippen molar-refractivity contribution < 1.29 is 19.1 Å². The van der Waals surface area contributed by atoms with Gasteiger partial charge in [-0.1, -0.05) is 91.0 Å². The van der Waals surface area contributed by atoms with Crippen LogP contribution in [-0.2, 0) is 22.7 Å². The summed E-state index contributed by atoms with van der Waals surface area (Å²) in [6.45, 7) is 4.66. The van der Waals surface area contributed by atoms with Gasteiger partial charge in [-0.15, -0.1) is 0 Å². The van der Waals surface area contributed by atoms with Crippen molar-refractivity contribution in [2.24, 2.45) is 0 Å². The van der Waals surface area contributed by atoms with E-state index in [0.29, 0.717) is 13.2 Å². The van der Waals surface area contributed by atoms with E-state index in [-0.39, 0.29) is 35.3 Å². The summed E-state index contributed by atoms with van der Waals surface area (Å²) in [7, 11) is 3.49. The molecule has 0 fully saturated rings. The topological polar surface area (TPSA) is 72.0 Å². The average molecular weight is 564 g/mol. The lowest BCUT2D eigenvalue weighted by Gasteiger charge is -2.33. The molecule has 4 bridgehead atoms. The van der Waals surface area contributed by atoms with Crippen LogP contribution in [0, 0.1) is 0 Å². The van der Waals surface area contributed by atoms with Gasteiger partial charge in [0.05, 0.1) is 25.3 Å². The van der Waals surface area contributed by atoms with Crippen LogP contribution in [0.4, 0.5) is 0 Å². The second-order valence-electron chi connectivity index (χ2n) is 10.8. The van der Waals surface area contributed by atoms with Crippen molar-refractivity contribution in [2.45, 2.75) is 51.4 Å². The second-order valence-corrected chi connectivity index (χ2v) is 10.8. The maximum absolute atomic E-state index is 13.7. The number of carbonyl (C=O) groups excluding carboxylic acids is 2. The molecule has 0 saturated heterocycles. The van der Waals surface area contributed by atoms with E-state index in [1.807, 2.05) is 92.7 Å². The second kappa shape index (κ2) is 13.1. The number of rotatable bonds is 2. The standard InChI is InChI=1S/C35H37N3O4/c1-24-32(28-15-7-5-8-16-28)41-22-26-13-11-14-27(21-26)23-42-33(29-17-9-6-10-18-29)25(2)38(4)35(40)31-20-12-19-30(36-31)34(39)37(24)3/h5-21,24-25,32-33H,22-23H2,1-4H3/t24-,25-,32-,33?/m0/s1. The highest BCUT2D eigenvalue weighted by Gasteiger charge is 2.31. The molecule has 1 aliphatic rings. The Morgan fingerprint density at radius 3 is 1.43 bits per heavy atom. The molecule has 1 aliphatic heterocycles. The maximum Gasteiger partial charge on any atom is 0.272 e. The lowest BCUT2D eigenvalue weighted by Crippen LogP contribution is -2.41. The molecule has 0 saturated carbocycles. The van der Waals surface area contributed by atoms with Gasteiger partial charge in [0.1, 0.15) is 23.6 Å². The molecule has 2 heterocycles. The number of hydrogen-bond donors (Lipinski definition) is 0. The fourth-order valence-corrected chi connectivity index (χ4v) is 5.31. The number of nitrogens with zero attached hydrogens (tertiary/aromatic N) is 3. The molecule has 0 aliphatic carbocycles. The highest BCUT2D eigenvalue weighted by molar-refractivity contribution is 5.96. The monoisotopic (exact) mass is 563 g/mol. The molecule has 3 aromatic carbocycles. The first-order chi connectivity index (χ1) is 20.3. The van der Waals surface area contributed by atoms with Gasteiger partial charge in [-0.3, -0.25) is 9.59 Å². The SMILES string of the molecule is C[C@H]1C(c2ccccc2)OCc2cccc(c2)CO[C@H](c2ccccc2)[C@H](C)N(C)C(=O)c2cccc(n2)C(=O)N1C. The van der Waals surface area contributed by atoms with E-state index in [1.54, 1.807) is 42.1 Å². The van der Waals surface area contributed by atoms with Crippen molar-refractivity contribution in [3.8, 4) is 0 Å². The van der Waals surface area contributed by atoms with Crippen LogP contribution < -0.4 is 0 Å². The zero-order valence-corrected chi connectivity index (χ0v) is 24.5. The van der Waals surface area contributed by atoms with Crippen molar-refractivity contribution in [3.63, 3.8) is 0 Å². The first-order valence-corrected chi connectivity index (χ1v) is 14.3. The Kier molecular flexibility index (Phi) is 9.10. The van der Waals surface area contributed by atoms with Crippen LogP contribution in [0.1, 0.15) is 69.3 Å². The summed E-state index contributed by atoms with van der Waals surface area (Å²) in [4.78, 5) is 35.2. The van der Waals surface area contributed by atoms with Gasteiger partial charge in [-0.05, 0) is 48.2 Å². The van der Waals surface area contributed by atoms with Crippen molar-refractivity contribution in [1.29, 1.82) is 0 Å². The van der Waals surface area contributed by atoms with Gasteiger partial charge in [0.15, 0.2) is 0 Å². The molecule has 0 N–H and O–H groups in total. The molecule has 0 radical (unpaired) electrons. The smallest absolute Gasteiger partial charge is 0.272 e. The lowest BCUT2D eigenvalue weighted by atomic mass is 10.0. The van der Waals surface area contributed by atoms with E-state index in [1.165, 1.54) is 0 Å². The Hall–Kier alpha value is -4.33. The third kappa shape index (κ3) is 6.43. The summed E-state index contributed by atoms with van der Waals surface area (Å²) >= 11 is 0. The van der Waals surface area contributed by atoms with Crippen LogP contribution in [0.5, 0.6) is 0 Å². The molecular weight excluding hydrogens is 526 g/mol. The van der Waals surface area contributed by atoms with Crippen molar-refractivity contribution in [2.75, 3.05) is 14.1 Å². The molecule has 0 spiro atoms. The quantitative estimate of drug-likeness (QED) is 0.289. The summed E-state index contributed by atoms with van der Waals surface area (Å²) < 4.78 is 13.0. The highest BCUT2D eigenvalue weighted by atomic mass is 16.5. The molecule has 5 rings (SSSR count). The molecular formula is C35H37N3O4. The van der Waals surface area contributed by atoms with Gasteiger partial charge < -0.3 is 19.3 Å². The van der Waals surface area contributed by atoms with Crippen LogP contribution in [0.25, 0.3) is 0 Å². The Balaban J connectivity index is 1.55. The summed E-state index contributed by atoms with van der Waals surface area (Å²) in [5.74, 6) is -0.572. The van der Waals surface area contributed by atoms with Crippen molar-refractivity contribution in [3.05, 3.63) is 137 Å². The Morgan fingerprint density at radius 2 is 1.00 bits per heavy atom. The van der Waals surface area contributed by atoms with E-state index in [2.05, 4.69) is 11.1 Å². The van der Waals surface area contributed by atoms with E-state index in [9.17, 15) is 9.59 Å². The van der Waals surface area contributed by atoms with Crippen LogP contribution in [0.15, 0.2) is 103 Å². The van der Waals surface area contributed by atoms with E-state index >= 15 is 0 Å². The highest BCUT2D eigenvalue weighted by Crippen LogP contribution is 2.29. The molecule has 2 amide bonds. The van der Waals surface area contributed by atoms with Gasteiger partial charge in [-0.2, -0.15) is 0 Å². The Labute approximate surface area is 247 Å². The first-order valence-electron chi connectivity index (χ1n) is 14.3. The Morgan fingerprint density at radius 1 is 0.595 bits per heavy atom. The number of benzene rings is 3. The fourth-order valence-electron chi connectivity index (χ4n) is 5.31. The van der Waals surface area contributed by atoms with Gasteiger partial charge in [0.25, 0.3) is 11.8 Å². The fraction of sp³-hybridized carbons (Fsp3) is 0.286. The number of pyridine rings is 1. The van der Waals surface area contributed by atoms with E-state index < -0.39 is 12.2 Å². The van der Waals surface area contributed by atoms with Crippen molar-refractivity contribution in [1.82, 2.24) is 14.8 Å². The minimum Gasteiger partial charge on any atom is -0.367 e. The molecule has 7 heteroatoms. The molecule has 1 aromatic heterocycles. The van der Waals surface area contributed by atoms with Crippen molar-refractivity contribution >= 4 is 11.8 Å². The number of hydrogen-bond acceptors (Lipinski definition) is 5. The Bertz CT molecular complexity index is 1410. The van der Waals surface area contributed by atoms with Gasteiger partial charge in [0, 0.05) is 14.1 Å². The number of likely N-dealkylation sites (N-methyl/N-ethyl adjacent to an activating group) is 2. The van der Waals surface area contributed by atoms with E-state index in [0.717, 1.165) is 22.3 Å². The average Bonchev–Trinajstić information content (AvgIpc) is 3.04. The number of aromatic nitrogens is 1. The number of carbonyl (C=O) groups is 2. The molecule has 42 heavy (non-hydrogen) atoms. The normalized spacial score (nSPS) is 22.4. The van der Waals surface area contributed by atoms with Gasteiger partial charge in [0.2, 0.25) is 0 Å². The first kappa shape index (κ1) is 29.2. The minimum atomic E-state index is -0.391. The van der Waals surface area contributed by atoms with Crippen LogP contribution in [-0.4, -0.2) is 52.8 Å². The summed E-state index contributed by atoms with van der Waals surface area (Å²) in [5.41, 5.74) is 4.35. The van der Waals surface area contributed by atoms with Crippen LogP contribution in [0.2, 0.25) is 0 Å². The third-order valence-corrected chi connectivity index (χ3v) is 8.03. The molecule has 1 unspecified atom stereocenters. The zero-order chi connectivity index (χ0) is 29.6. The molecule has 4 atom stereocenters. The molecule has 216 valence electrons. The lowest BCUT2D eigenvalue weighted by molar-refractivity contribution is -0.0127. The summed E-state index contributed by atoms with van der Waals surface area (Å²) in [5, 5.41) is 0. The summed E-state index contributed by atoms with van der Waals surface area (Å²) in [6, 6.07) is 32.3. The van der Waals surface area contributed by atoms with Crippen LogP contribution >= 0.6 is 0 Å². The third-order valence-electron chi connectivity index (χ3n) is 8.03. The zero-order valence-electron chi connectivity index (χ0n) is 24.5. The van der Waals surface area contributed by atoms with Crippen LogP contribution in [0.3, 0.4) is 0 Å². The molecule has 7 nitrogen and oxygen atoms in total. The van der Waals surface area contributed by atoms with Gasteiger partial charge in [-0.25, -0.2) is 4.98 Å². The van der Waals surface area contributed by atoms with E-state index in [4.69, 9.17) is 9.47 Å². The minimum absolute atomic E-state index is 0.202. The number of amides is 2. The van der Waals surface area contributed by atoms with Gasteiger partial charge >= 0.3 is 0 Å². The largest absolute Gasteiger partial charge is 0.367 e.